The monoisotopic (exact) mass is 196 g/mol. The van der Waals surface area contributed by atoms with Crippen LogP contribution in [0.2, 0.25) is 0 Å². The zero-order valence-corrected chi connectivity index (χ0v) is 9.21. The molecule has 0 amide bonds. The fourth-order valence-electron chi connectivity index (χ4n) is 2.92. The number of carbonyl (C=O) groups is 1. The van der Waals surface area contributed by atoms with E-state index in [2.05, 4.69) is 13.8 Å². The summed E-state index contributed by atoms with van der Waals surface area (Å²) < 4.78 is 5.00. The maximum atomic E-state index is 11.3. The van der Waals surface area contributed by atoms with Crippen molar-refractivity contribution in [3.05, 3.63) is 0 Å². The Morgan fingerprint density at radius 3 is 2.79 bits per heavy atom. The molecule has 2 nitrogen and oxygen atoms in total. The highest BCUT2D eigenvalue weighted by Gasteiger charge is 2.68. The lowest BCUT2D eigenvalue weighted by molar-refractivity contribution is -0.143. The molecule has 0 N–H and O–H groups in total. The highest BCUT2D eigenvalue weighted by molar-refractivity contribution is 5.80. The van der Waals surface area contributed by atoms with Crippen molar-refractivity contribution in [1.82, 2.24) is 0 Å². The zero-order valence-electron chi connectivity index (χ0n) is 9.21. The molecule has 2 heteroatoms. The number of unbranched alkanes of at least 4 members (excludes halogenated alkanes) is 3. The summed E-state index contributed by atoms with van der Waals surface area (Å²) in [5.74, 6) is 0.869. The van der Waals surface area contributed by atoms with Crippen LogP contribution in [-0.4, -0.2) is 12.6 Å². The molecule has 80 valence electrons. The van der Waals surface area contributed by atoms with Gasteiger partial charge in [-0.05, 0) is 11.8 Å². The van der Waals surface area contributed by atoms with Crippen molar-refractivity contribution >= 4 is 5.97 Å². The van der Waals surface area contributed by atoms with E-state index in [0.717, 1.165) is 0 Å². The highest BCUT2D eigenvalue weighted by Crippen LogP contribution is 2.64. The molecule has 0 bridgehead atoms. The van der Waals surface area contributed by atoms with Crippen LogP contribution in [0.25, 0.3) is 0 Å². The fourth-order valence-corrected chi connectivity index (χ4v) is 2.92. The Kier molecular flexibility index (Phi) is 2.54. The predicted molar refractivity (Wildman–Crippen MR) is 54.8 cm³/mol. The topological polar surface area (TPSA) is 26.3 Å². The molecule has 2 rings (SSSR count). The quantitative estimate of drug-likeness (QED) is 0.499. The van der Waals surface area contributed by atoms with Crippen molar-refractivity contribution in [2.75, 3.05) is 6.61 Å². The minimum atomic E-state index is 0.0630. The van der Waals surface area contributed by atoms with E-state index in [4.69, 9.17) is 4.74 Å². The minimum absolute atomic E-state index is 0.0630. The molecule has 1 aliphatic heterocycles. The van der Waals surface area contributed by atoms with Gasteiger partial charge in [0.25, 0.3) is 0 Å². The number of ether oxygens (including phenoxy) is 1. The minimum Gasteiger partial charge on any atom is -0.465 e. The van der Waals surface area contributed by atoms with Gasteiger partial charge in [0.15, 0.2) is 0 Å². The summed E-state index contributed by atoms with van der Waals surface area (Å²) in [4.78, 5) is 11.3. The Morgan fingerprint density at radius 2 is 2.21 bits per heavy atom. The van der Waals surface area contributed by atoms with Crippen LogP contribution in [0.15, 0.2) is 0 Å². The molecule has 0 spiro atoms. The summed E-state index contributed by atoms with van der Waals surface area (Å²) in [5.41, 5.74) is 0.309. The molecule has 3 atom stereocenters. The van der Waals surface area contributed by atoms with Gasteiger partial charge in [0.1, 0.15) is 0 Å². The lowest BCUT2D eigenvalue weighted by atomic mass is 9.95. The van der Waals surface area contributed by atoms with E-state index in [0.29, 0.717) is 17.9 Å². The predicted octanol–water partition coefficient (Wildman–Crippen LogP) is 2.77. The Morgan fingerprint density at radius 1 is 1.43 bits per heavy atom. The Balaban J connectivity index is 1.74. The van der Waals surface area contributed by atoms with E-state index in [9.17, 15) is 4.79 Å². The average Bonchev–Trinajstić information content (AvgIpc) is 2.53. The molecule has 2 fully saturated rings. The van der Waals surface area contributed by atoms with Gasteiger partial charge >= 0.3 is 5.97 Å². The number of carbonyl (C=O) groups excluding carboxylic acids is 1. The van der Waals surface area contributed by atoms with Gasteiger partial charge in [0.2, 0.25) is 0 Å². The largest absolute Gasteiger partial charge is 0.465 e. The van der Waals surface area contributed by atoms with E-state index in [1.165, 1.54) is 32.1 Å². The van der Waals surface area contributed by atoms with Crippen molar-refractivity contribution in [3.8, 4) is 0 Å². The van der Waals surface area contributed by atoms with Crippen molar-refractivity contribution in [2.45, 2.75) is 46.0 Å². The summed E-state index contributed by atoms with van der Waals surface area (Å²) in [5, 5.41) is 0. The maximum absolute atomic E-state index is 11.3. The van der Waals surface area contributed by atoms with Gasteiger partial charge in [-0.15, -0.1) is 0 Å². The lowest BCUT2D eigenvalue weighted by Crippen LogP contribution is -2.13. The standard InChI is InChI=1S/C12H20O2/c1-3-4-5-6-7-12(2)9-8-14-11(13)10(9)12/h9-10H,3-8H2,1-2H3/t9-,10?,12+/m1/s1. The second-order valence-corrected chi connectivity index (χ2v) is 5.03. The molecule has 1 saturated carbocycles. The van der Waals surface area contributed by atoms with E-state index in [1.54, 1.807) is 0 Å². The van der Waals surface area contributed by atoms with E-state index < -0.39 is 0 Å². The number of fused-ring (bicyclic) bond motifs is 1. The van der Waals surface area contributed by atoms with Crippen LogP contribution in [0, 0.1) is 17.3 Å². The van der Waals surface area contributed by atoms with Crippen molar-refractivity contribution in [2.24, 2.45) is 17.3 Å². The molecule has 2 aliphatic rings. The van der Waals surface area contributed by atoms with Crippen molar-refractivity contribution in [1.29, 1.82) is 0 Å². The molecule has 1 aliphatic carbocycles. The first-order valence-electron chi connectivity index (χ1n) is 5.87. The summed E-state index contributed by atoms with van der Waals surface area (Å²) in [6, 6.07) is 0. The van der Waals surface area contributed by atoms with Crippen molar-refractivity contribution in [3.63, 3.8) is 0 Å². The summed E-state index contributed by atoms with van der Waals surface area (Å²) in [7, 11) is 0. The first-order chi connectivity index (χ1) is 6.70. The van der Waals surface area contributed by atoms with Crippen LogP contribution in [0.5, 0.6) is 0 Å². The van der Waals surface area contributed by atoms with Crippen LogP contribution in [-0.2, 0) is 9.53 Å². The molecule has 0 aromatic rings. The van der Waals surface area contributed by atoms with Gasteiger partial charge < -0.3 is 4.74 Å². The van der Waals surface area contributed by atoms with Gasteiger partial charge in [-0.25, -0.2) is 0 Å². The van der Waals surface area contributed by atoms with Gasteiger partial charge in [-0.3, -0.25) is 4.79 Å². The maximum Gasteiger partial charge on any atom is 0.309 e. The number of rotatable bonds is 5. The number of cyclic esters (lactones) is 1. The van der Waals surface area contributed by atoms with Crippen LogP contribution < -0.4 is 0 Å². The molecular weight excluding hydrogens is 176 g/mol. The van der Waals surface area contributed by atoms with E-state index in [1.807, 2.05) is 0 Å². The normalized spacial score (nSPS) is 39.4. The summed E-state index contributed by atoms with van der Waals surface area (Å²) >= 11 is 0. The highest BCUT2D eigenvalue weighted by atomic mass is 16.5. The molecule has 1 heterocycles. The third-order valence-corrected chi connectivity index (χ3v) is 4.08. The SMILES string of the molecule is CCCCCC[C@]1(C)C2C(=O)OC[C@H]21. The Bertz CT molecular complexity index is 236. The smallest absolute Gasteiger partial charge is 0.309 e. The Labute approximate surface area is 86.0 Å². The van der Waals surface area contributed by atoms with Gasteiger partial charge in [0, 0.05) is 5.92 Å². The molecule has 14 heavy (non-hydrogen) atoms. The van der Waals surface area contributed by atoms with E-state index >= 15 is 0 Å². The molecule has 0 aromatic carbocycles. The summed E-state index contributed by atoms with van der Waals surface area (Å²) in [6.45, 7) is 5.17. The Hall–Kier alpha value is -0.530. The summed E-state index contributed by atoms with van der Waals surface area (Å²) in [6.07, 6.45) is 6.43. The molecule has 1 unspecified atom stereocenters. The van der Waals surface area contributed by atoms with Crippen LogP contribution in [0.1, 0.15) is 46.0 Å². The van der Waals surface area contributed by atoms with Crippen LogP contribution >= 0.6 is 0 Å². The van der Waals surface area contributed by atoms with Crippen LogP contribution in [0.4, 0.5) is 0 Å². The zero-order chi connectivity index (χ0) is 10.2. The van der Waals surface area contributed by atoms with Gasteiger partial charge in [0.05, 0.1) is 12.5 Å². The number of hydrogen-bond donors (Lipinski definition) is 0. The van der Waals surface area contributed by atoms with Crippen molar-refractivity contribution < 1.29 is 9.53 Å². The van der Waals surface area contributed by atoms with Gasteiger partial charge in [-0.1, -0.05) is 39.5 Å². The molecule has 1 saturated heterocycles. The molecule has 0 aromatic heterocycles. The van der Waals surface area contributed by atoms with Crippen LogP contribution in [0.3, 0.4) is 0 Å². The van der Waals surface area contributed by atoms with E-state index in [-0.39, 0.29) is 11.9 Å². The third-order valence-electron chi connectivity index (χ3n) is 4.08. The molecular formula is C12H20O2. The second-order valence-electron chi connectivity index (χ2n) is 5.03. The second kappa shape index (κ2) is 3.56. The third kappa shape index (κ3) is 1.45. The number of hydrogen-bond acceptors (Lipinski definition) is 2. The van der Waals surface area contributed by atoms with Gasteiger partial charge in [-0.2, -0.15) is 0 Å². The molecule has 0 radical (unpaired) electrons. The average molecular weight is 196 g/mol. The number of esters is 1. The lowest BCUT2D eigenvalue weighted by Gasteiger charge is -2.14. The fraction of sp³-hybridized carbons (Fsp3) is 0.917. The first-order valence-corrected chi connectivity index (χ1v) is 5.87. The first kappa shape index (κ1) is 10.0.